The molecule has 6 nitrogen and oxygen atoms in total. The first-order valence-electron chi connectivity index (χ1n) is 9.65. The van der Waals surface area contributed by atoms with Crippen molar-refractivity contribution in [3.05, 3.63) is 89.0 Å². The molecule has 0 heterocycles. The number of ether oxygens (including phenoxy) is 1. The van der Waals surface area contributed by atoms with E-state index in [1.165, 1.54) is 0 Å². The lowest BCUT2D eigenvalue weighted by atomic mass is 9.83. The summed E-state index contributed by atoms with van der Waals surface area (Å²) in [6.07, 6.45) is 0.681. The number of rotatable bonds is 6. The van der Waals surface area contributed by atoms with Crippen molar-refractivity contribution in [3.8, 4) is 5.75 Å². The Balaban J connectivity index is 1.43. The number of fused-ring (bicyclic) bond motifs is 2. The van der Waals surface area contributed by atoms with Gasteiger partial charge in [-0.15, -0.1) is 0 Å². The first-order valence-corrected chi connectivity index (χ1v) is 9.65. The fourth-order valence-electron chi connectivity index (χ4n) is 3.49. The number of carbonyl (C=O) groups is 3. The Morgan fingerprint density at radius 3 is 2.27 bits per heavy atom. The molecule has 1 aliphatic carbocycles. The fourth-order valence-corrected chi connectivity index (χ4v) is 3.49. The first kappa shape index (κ1) is 19.4. The monoisotopic (exact) mass is 400 g/mol. The van der Waals surface area contributed by atoms with Crippen LogP contribution in [0.3, 0.4) is 0 Å². The number of hydrogen-bond donors (Lipinski definition) is 2. The maximum atomic E-state index is 13.0. The van der Waals surface area contributed by atoms with Gasteiger partial charge in [0.05, 0.1) is 23.5 Å². The Bertz CT molecular complexity index is 1150. The third-order valence-electron chi connectivity index (χ3n) is 4.95. The highest BCUT2D eigenvalue weighted by molar-refractivity contribution is 6.30. The van der Waals surface area contributed by atoms with Gasteiger partial charge in [-0.25, -0.2) is 0 Å². The normalized spacial score (nSPS) is 12.1. The van der Waals surface area contributed by atoms with E-state index in [0.717, 1.165) is 0 Å². The average Bonchev–Trinajstić information content (AvgIpc) is 2.76. The molecular formula is C24H20N2O4. The van der Waals surface area contributed by atoms with Gasteiger partial charge in [0, 0.05) is 23.1 Å². The van der Waals surface area contributed by atoms with Crippen molar-refractivity contribution in [1.82, 2.24) is 0 Å². The molecule has 0 aromatic heterocycles. The molecule has 3 aromatic rings. The van der Waals surface area contributed by atoms with Crippen LogP contribution in [-0.2, 0) is 4.79 Å². The maximum absolute atomic E-state index is 13.0. The second-order valence-corrected chi connectivity index (χ2v) is 6.97. The van der Waals surface area contributed by atoms with E-state index in [-0.39, 0.29) is 29.5 Å². The van der Waals surface area contributed by atoms with Crippen LogP contribution in [0, 0.1) is 0 Å². The van der Waals surface area contributed by atoms with Gasteiger partial charge < -0.3 is 15.8 Å². The number of nitrogens with one attached hydrogen (secondary N) is 1. The Morgan fingerprint density at radius 1 is 0.833 bits per heavy atom. The van der Waals surface area contributed by atoms with Crippen molar-refractivity contribution in [2.24, 2.45) is 0 Å². The van der Waals surface area contributed by atoms with E-state index in [4.69, 9.17) is 10.5 Å². The molecule has 0 bridgehead atoms. The minimum atomic E-state index is -0.265. The zero-order chi connectivity index (χ0) is 21.1. The largest absolute Gasteiger partial charge is 0.491 e. The molecule has 0 aliphatic heterocycles. The summed E-state index contributed by atoms with van der Waals surface area (Å²) >= 11 is 0. The minimum absolute atomic E-state index is 0.204. The van der Waals surface area contributed by atoms with Gasteiger partial charge >= 0.3 is 0 Å². The number of anilines is 2. The van der Waals surface area contributed by atoms with E-state index in [0.29, 0.717) is 46.8 Å². The minimum Gasteiger partial charge on any atom is -0.491 e. The van der Waals surface area contributed by atoms with Crippen molar-refractivity contribution in [2.75, 3.05) is 17.7 Å². The van der Waals surface area contributed by atoms with Crippen LogP contribution in [0.2, 0.25) is 0 Å². The van der Waals surface area contributed by atoms with E-state index in [2.05, 4.69) is 5.32 Å². The first-order chi connectivity index (χ1) is 14.6. The predicted molar refractivity (Wildman–Crippen MR) is 114 cm³/mol. The molecule has 0 saturated carbocycles. The Kier molecular flexibility index (Phi) is 5.30. The lowest BCUT2D eigenvalue weighted by Crippen LogP contribution is -2.24. The summed E-state index contributed by atoms with van der Waals surface area (Å²) in [5.41, 5.74) is 7.99. The molecular weight excluding hydrogens is 380 g/mol. The zero-order valence-corrected chi connectivity index (χ0v) is 16.2. The van der Waals surface area contributed by atoms with Gasteiger partial charge in [0.2, 0.25) is 5.91 Å². The van der Waals surface area contributed by atoms with Crippen LogP contribution in [-0.4, -0.2) is 24.1 Å². The quantitative estimate of drug-likeness (QED) is 0.378. The van der Waals surface area contributed by atoms with Crippen molar-refractivity contribution in [3.63, 3.8) is 0 Å². The predicted octanol–water partition coefficient (Wildman–Crippen LogP) is 3.84. The topological polar surface area (TPSA) is 98.5 Å². The van der Waals surface area contributed by atoms with Crippen LogP contribution in [0.5, 0.6) is 5.75 Å². The molecule has 30 heavy (non-hydrogen) atoms. The van der Waals surface area contributed by atoms with Gasteiger partial charge in [0.1, 0.15) is 5.75 Å². The molecule has 4 rings (SSSR count). The lowest BCUT2D eigenvalue weighted by molar-refractivity contribution is -0.116. The van der Waals surface area contributed by atoms with E-state index in [1.54, 1.807) is 54.6 Å². The number of nitrogen functional groups attached to an aromatic ring is 1. The Hall–Kier alpha value is -3.93. The number of hydrogen-bond acceptors (Lipinski definition) is 5. The summed E-state index contributed by atoms with van der Waals surface area (Å²) in [6, 6.07) is 18.8. The molecule has 0 fully saturated rings. The summed E-state index contributed by atoms with van der Waals surface area (Å²) in [5.74, 6) is -0.158. The molecule has 0 spiro atoms. The van der Waals surface area contributed by atoms with Gasteiger partial charge in [-0.1, -0.05) is 48.5 Å². The molecule has 1 amide bonds. The van der Waals surface area contributed by atoms with Crippen LogP contribution in [0.25, 0.3) is 0 Å². The second-order valence-electron chi connectivity index (χ2n) is 6.97. The highest BCUT2D eigenvalue weighted by atomic mass is 16.5. The van der Waals surface area contributed by atoms with Gasteiger partial charge in [-0.05, 0) is 24.6 Å². The molecule has 0 unspecified atom stereocenters. The number of ketones is 2. The number of para-hydroxylation sites is 2. The van der Waals surface area contributed by atoms with Crippen molar-refractivity contribution in [1.29, 1.82) is 0 Å². The van der Waals surface area contributed by atoms with Crippen molar-refractivity contribution < 1.29 is 19.1 Å². The third-order valence-corrected chi connectivity index (χ3v) is 4.95. The van der Waals surface area contributed by atoms with Crippen LogP contribution in [0.15, 0.2) is 66.7 Å². The standard InChI is InChI=1S/C24H20N2O4/c25-18-10-3-4-12-20(18)30-14-6-13-21(27)26-19-11-5-9-17-22(19)24(29)16-8-2-1-7-15(16)23(17)28/h1-5,7-12H,6,13-14,25H2,(H,26,27). The average molecular weight is 400 g/mol. The molecule has 6 heteroatoms. The van der Waals surface area contributed by atoms with Crippen LogP contribution in [0.1, 0.15) is 44.7 Å². The smallest absolute Gasteiger partial charge is 0.224 e. The zero-order valence-electron chi connectivity index (χ0n) is 16.2. The number of benzene rings is 3. The summed E-state index contributed by atoms with van der Waals surface area (Å²) in [5, 5.41) is 2.77. The van der Waals surface area contributed by atoms with E-state index in [1.807, 2.05) is 12.1 Å². The number of carbonyl (C=O) groups excluding carboxylic acids is 3. The van der Waals surface area contributed by atoms with Crippen LogP contribution in [0.4, 0.5) is 11.4 Å². The highest BCUT2D eigenvalue weighted by Crippen LogP contribution is 2.32. The molecule has 1 aliphatic rings. The van der Waals surface area contributed by atoms with E-state index < -0.39 is 0 Å². The van der Waals surface area contributed by atoms with Crippen LogP contribution >= 0.6 is 0 Å². The summed E-state index contributed by atoms with van der Waals surface area (Å²) < 4.78 is 5.59. The number of amides is 1. The van der Waals surface area contributed by atoms with E-state index >= 15 is 0 Å². The molecule has 3 N–H and O–H groups in total. The van der Waals surface area contributed by atoms with Crippen molar-refractivity contribution >= 4 is 28.8 Å². The summed E-state index contributed by atoms with van der Waals surface area (Å²) in [6.45, 7) is 0.333. The second kappa shape index (κ2) is 8.21. The molecule has 3 aromatic carbocycles. The van der Waals surface area contributed by atoms with Gasteiger partial charge in [-0.2, -0.15) is 0 Å². The molecule has 0 saturated heterocycles. The SMILES string of the molecule is Nc1ccccc1OCCCC(=O)Nc1cccc2c1C(=O)c1ccccc1C2=O. The molecule has 150 valence electrons. The fraction of sp³-hybridized carbons (Fsp3) is 0.125. The third kappa shape index (κ3) is 3.67. The van der Waals surface area contributed by atoms with Crippen LogP contribution < -0.4 is 15.8 Å². The molecule has 0 radical (unpaired) electrons. The Labute approximate surface area is 173 Å². The van der Waals surface area contributed by atoms with Crippen molar-refractivity contribution in [2.45, 2.75) is 12.8 Å². The van der Waals surface area contributed by atoms with E-state index in [9.17, 15) is 14.4 Å². The molecule has 0 atom stereocenters. The van der Waals surface area contributed by atoms with Gasteiger partial charge in [-0.3, -0.25) is 14.4 Å². The summed E-state index contributed by atoms with van der Waals surface area (Å²) in [4.78, 5) is 38.2. The highest BCUT2D eigenvalue weighted by Gasteiger charge is 2.31. The van der Waals surface area contributed by atoms with Gasteiger partial charge in [0.25, 0.3) is 0 Å². The maximum Gasteiger partial charge on any atom is 0.224 e. The summed E-state index contributed by atoms with van der Waals surface area (Å²) in [7, 11) is 0. The van der Waals surface area contributed by atoms with Gasteiger partial charge in [0.15, 0.2) is 11.6 Å². The lowest BCUT2D eigenvalue weighted by Gasteiger charge is -2.20. The number of nitrogens with two attached hydrogens (primary N) is 1. The Morgan fingerprint density at radius 2 is 1.50 bits per heavy atom.